The second-order valence-electron chi connectivity index (χ2n) is 7.30. The topological polar surface area (TPSA) is 50.8 Å². The Bertz CT molecular complexity index is 776. The van der Waals surface area contributed by atoms with Gasteiger partial charge < -0.3 is 14.8 Å². The summed E-state index contributed by atoms with van der Waals surface area (Å²) in [4.78, 5) is 14.6. The Morgan fingerprint density at radius 2 is 1.90 bits per heavy atom. The molecule has 2 aromatic rings. The first-order valence-corrected chi connectivity index (χ1v) is 10.2. The van der Waals surface area contributed by atoms with Gasteiger partial charge in [0.1, 0.15) is 23.9 Å². The average Bonchev–Trinajstić information content (AvgIpc) is 3.22. The number of amides is 1. The van der Waals surface area contributed by atoms with Crippen LogP contribution in [0.1, 0.15) is 25.3 Å². The van der Waals surface area contributed by atoms with Gasteiger partial charge in [-0.1, -0.05) is 18.2 Å². The zero-order chi connectivity index (χ0) is 20.5. The Morgan fingerprint density at radius 1 is 1.14 bits per heavy atom. The van der Waals surface area contributed by atoms with Gasteiger partial charge in [-0.3, -0.25) is 9.69 Å². The van der Waals surface area contributed by atoms with Gasteiger partial charge in [0.05, 0.1) is 0 Å². The molecule has 0 spiro atoms. The van der Waals surface area contributed by atoms with Crippen LogP contribution in [-0.2, 0) is 11.2 Å². The molecule has 156 valence electrons. The van der Waals surface area contributed by atoms with Gasteiger partial charge in [-0.05, 0) is 69.1 Å². The lowest BCUT2D eigenvalue weighted by molar-refractivity contribution is -0.127. The minimum absolute atomic E-state index is 0.226. The van der Waals surface area contributed by atoms with E-state index in [0.717, 1.165) is 17.9 Å². The van der Waals surface area contributed by atoms with Gasteiger partial charge in [0.2, 0.25) is 0 Å². The van der Waals surface area contributed by atoms with Gasteiger partial charge in [0.15, 0.2) is 6.10 Å². The molecule has 0 aromatic heterocycles. The minimum atomic E-state index is -0.691. The van der Waals surface area contributed by atoms with Gasteiger partial charge in [0, 0.05) is 19.2 Å². The third-order valence-electron chi connectivity index (χ3n) is 4.99. The molecule has 1 saturated heterocycles. The smallest absolute Gasteiger partial charge is 0.260 e. The summed E-state index contributed by atoms with van der Waals surface area (Å²) in [5.41, 5.74) is 1.12. The molecule has 1 heterocycles. The fraction of sp³-hybridized carbons (Fsp3) is 0.435. The van der Waals surface area contributed by atoms with E-state index in [1.807, 2.05) is 24.3 Å². The second-order valence-corrected chi connectivity index (χ2v) is 7.30. The fourth-order valence-electron chi connectivity index (χ4n) is 3.32. The monoisotopic (exact) mass is 400 g/mol. The van der Waals surface area contributed by atoms with E-state index in [0.29, 0.717) is 25.3 Å². The third-order valence-corrected chi connectivity index (χ3v) is 4.99. The maximum atomic E-state index is 13.2. The molecule has 29 heavy (non-hydrogen) atoms. The van der Waals surface area contributed by atoms with Crippen LogP contribution >= 0.6 is 0 Å². The van der Waals surface area contributed by atoms with Gasteiger partial charge in [-0.2, -0.15) is 0 Å². The molecule has 1 fully saturated rings. The van der Waals surface area contributed by atoms with E-state index >= 15 is 0 Å². The summed E-state index contributed by atoms with van der Waals surface area (Å²) in [7, 11) is 0. The molecule has 0 radical (unpaired) electrons. The third kappa shape index (κ3) is 7.06. The number of hydrogen-bond acceptors (Lipinski definition) is 4. The predicted octanol–water partition coefficient (Wildman–Crippen LogP) is 3.43. The lowest BCUT2D eigenvalue weighted by Gasteiger charge is -2.15. The van der Waals surface area contributed by atoms with E-state index in [9.17, 15) is 9.18 Å². The van der Waals surface area contributed by atoms with E-state index in [1.165, 1.54) is 38.1 Å². The van der Waals surface area contributed by atoms with Crippen molar-refractivity contribution < 1.29 is 18.7 Å². The highest BCUT2D eigenvalue weighted by Crippen LogP contribution is 2.15. The van der Waals surface area contributed by atoms with Crippen molar-refractivity contribution in [3.63, 3.8) is 0 Å². The summed E-state index contributed by atoms with van der Waals surface area (Å²) in [5.74, 6) is 0.594. The standard InChI is InChI=1S/C23H29FN2O3/c1-18(29-22-6-4-5-20(24)17-22)23(27)25-12-11-19-7-9-21(10-8-19)28-16-15-26-13-2-3-14-26/h4-10,17-18H,2-3,11-16H2,1H3,(H,25,27). The Kier molecular flexibility index (Phi) is 7.87. The molecular formula is C23H29FN2O3. The van der Waals surface area contributed by atoms with Crippen molar-refractivity contribution in [2.24, 2.45) is 0 Å². The van der Waals surface area contributed by atoms with Gasteiger partial charge in [-0.15, -0.1) is 0 Å². The lowest BCUT2D eigenvalue weighted by Crippen LogP contribution is -2.37. The Labute approximate surface area is 171 Å². The maximum absolute atomic E-state index is 13.2. The lowest BCUT2D eigenvalue weighted by atomic mass is 10.1. The number of hydrogen-bond donors (Lipinski definition) is 1. The molecule has 3 rings (SSSR count). The van der Waals surface area contributed by atoms with E-state index in [4.69, 9.17) is 9.47 Å². The van der Waals surface area contributed by atoms with Crippen molar-refractivity contribution in [3.8, 4) is 11.5 Å². The van der Waals surface area contributed by atoms with E-state index in [-0.39, 0.29) is 5.91 Å². The number of nitrogens with one attached hydrogen (secondary N) is 1. The number of carbonyl (C=O) groups excluding carboxylic acids is 1. The van der Waals surface area contributed by atoms with Crippen LogP contribution in [0.5, 0.6) is 11.5 Å². The zero-order valence-corrected chi connectivity index (χ0v) is 16.9. The fourth-order valence-corrected chi connectivity index (χ4v) is 3.32. The number of halogens is 1. The number of ether oxygens (including phenoxy) is 2. The van der Waals surface area contributed by atoms with Crippen molar-refractivity contribution in [2.45, 2.75) is 32.3 Å². The number of nitrogens with zero attached hydrogens (tertiary/aromatic N) is 1. The molecule has 1 atom stereocenters. The molecule has 5 nitrogen and oxygen atoms in total. The van der Waals surface area contributed by atoms with E-state index < -0.39 is 11.9 Å². The van der Waals surface area contributed by atoms with Crippen LogP contribution in [0.3, 0.4) is 0 Å². The Balaban J connectivity index is 1.34. The quantitative estimate of drug-likeness (QED) is 0.664. The second kappa shape index (κ2) is 10.8. The van der Waals surface area contributed by atoms with Crippen LogP contribution in [0.4, 0.5) is 4.39 Å². The molecule has 1 aliphatic rings. The van der Waals surface area contributed by atoms with Crippen molar-refractivity contribution in [1.29, 1.82) is 0 Å². The first-order valence-electron chi connectivity index (χ1n) is 10.2. The summed E-state index contributed by atoms with van der Waals surface area (Å²) in [5, 5.41) is 2.85. The summed E-state index contributed by atoms with van der Waals surface area (Å²) < 4.78 is 24.5. The maximum Gasteiger partial charge on any atom is 0.260 e. The number of rotatable bonds is 10. The highest BCUT2D eigenvalue weighted by Gasteiger charge is 2.14. The summed E-state index contributed by atoms with van der Waals surface area (Å²) in [6, 6.07) is 13.7. The Hall–Kier alpha value is -2.60. The van der Waals surface area contributed by atoms with Crippen LogP contribution in [-0.4, -0.2) is 49.7 Å². The number of carbonyl (C=O) groups is 1. The van der Waals surface area contributed by atoms with Gasteiger partial charge >= 0.3 is 0 Å². The van der Waals surface area contributed by atoms with E-state index in [2.05, 4.69) is 10.2 Å². The summed E-state index contributed by atoms with van der Waals surface area (Å²) in [6.45, 7) is 6.20. The zero-order valence-electron chi connectivity index (χ0n) is 16.9. The van der Waals surface area contributed by atoms with Crippen LogP contribution in [0, 0.1) is 5.82 Å². The largest absolute Gasteiger partial charge is 0.492 e. The molecule has 1 amide bonds. The number of likely N-dealkylation sites (tertiary alicyclic amines) is 1. The first-order chi connectivity index (χ1) is 14.1. The molecule has 1 aliphatic heterocycles. The number of benzene rings is 2. The minimum Gasteiger partial charge on any atom is -0.492 e. The molecular weight excluding hydrogens is 371 g/mol. The average molecular weight is 400 g/mol. The Morgan fingerprint density at radius 3 is 2.62 bits per heavy atom. The van der Waals surface area contributed by atoms with Crippen molar-refractivity contribution in [1.82, 2.24) is 10.2 Å². The predicted molar refractivity (Wildman–Crippen MR) is 111 cm³/mol. The highest BCUT2D eigenvalue weighted by molar-refractivity contribution is 5.80. The molecule has 0 bridgehead atoms. The normalized spacial score (nSPS) is 15.1. The first kappa shape index (κ1) is 21.1. The van der Waals surface area contributed by atoms with Gasteiger partial charge in [0.25, 0.3) is 5.91 Å². The van der Waals surface area contributed by atoms with Crippen molar-refractivity contribution in [3.05, 3.63) is 59.9 Å². The molecule has 1 unspecified atom stereocenters. The highest BCUT2D eigenvalue weighted by atomic mass is 19.1. The molecule has 2 aromatic carbocycles. The van der Waals surface area contributed by atoms with Crippen LogP contribution in [0.25, 0.3) is 0 Å². The van der Waals surface area contributed by atoms with Crippen LogP contribution in [0.15, 0.2) is 48.5 Å². The van der Waals surface area contributed by atoms with Crippen LogP contribution in [0.2, 0.25) is 0 Å². The summed E-state index contributed by atoms with van der Waals surface area (Å²) in [6.07, 6.45) is 2.61. The van der Waals surface area contributed by atoms with Gasteiger partial charge in [-0.25, -0.2) is 4.39 Å². The summed E-state index contributed by atoms with van der Waals surface area (Å²) >= 11 is 0. The SMILES string of the molecule is CC(Oc1cccc(F)c1)C(=O)NCCc1ccc(OCCN2CCCC2)cc1. The molecule has 0 aliphatic carbocycles. The van der Waals surface area contributed by atoms with Crippen molar-refractivity contribution >= 4 is 5.91 Å². The molecule has 6 heteroatoms. The van der Waals surface area contributed by atoms with Crippen LogP contribution < -0.4 is 14.8 Å². The van der Waals surface area contributed by atoms with E-state index in [1.54, 1.807) is 19.1 Å². The molecule has 0 saturated carbocycles. The molecule has 1 N–H and O–H groups in total. The van der Waals surface area contributed by atoms with Crippen molar-refractivity contribution in [2.75, 3.05) is 32.8 Å².